The summed E-state index contributed by atoms with van der Waals surface area (Å²) in [5.74, 6) is 0.0376. The van der Waals surface area contributed by atoms with Gasteiger partial charge in [0.05, 0.1) is 12.9 Å². The first-order valence-electron chi connectivity index (χ1n) is 5.64. The molecular weight excluding hydrogens is 206 g/mol. The Labute approximate surface area is 95.6 Å². The number of ether oxygens (including phenoxy) is 1. The van der Waals surface area contributed by atoms with Crippen LogP contribution in [0.4, 0.5) is 0 Å². The van der Waals surface area contributed by atoms with Crippen LogP contribution in [0, 0.1) is 0 Å². The Morgan fingerprint density at radius 3 is 3.12 bits per heavy atom. The zero-order valence-electron chi connectivity index (χ0n) is 9.66. The van der Waals surface area contributed by atoms with Crippen molar-refractivity contribution in [3.63, 3.8) is 0 Å². The molecule has 0 saturated heterocycles. The molecule has 1 aromatic rings. The predicted octanol–water partition coefficient (Wildman–Crippen LogP) is 0.885. The number of aromatic amines is 1. The highest BCUT2D eigenvalue weighted by atomic mass is 16.5. The number of hydrogen-bond donors (Lipinski definition) is 2. The quantitative estimate of drug-likeness (QED) is 0.645. The molecule has 5 nitrogen and oxygen atoms in total. The third kappa shape index (κ3) is 5.50. The number of nitrogens with zero attached hydrogens (tertiary/aromatic N) is 1. The number of aromatic nitrogens is 2. The van der Waals surface area contributed by atoms with Crippen LogP contribution in [0.15, 0.2) is 12.5 Å². The summed E-state index contributed by atoms with van der Waals surface area (Å²) in [6.07, 6.45) is 5.60. The number of imidazole rings is 1. The van der Waals surface area contributed by atoms with Gasteiger partial charge < -0.3 is 15.0 Å². The van der Waals surface area contributed by atoms with Crippen LogP contribution in [0.5, 0.6) is 0 Å². The fraction of sp³-hybridized carbons (Fsp3) is 0.636. The van der Waals surface area contributed by atoms with E-state index < -0.39 is 0 Å². The fourth-order valence-corrected chi connectivity index (χ4v) is 1.26. The van der Waals surface area contributed by atoms with Gasteiger partial charge in [-0.05, 0) is 6.42 Å². The first-order valence-corrected chi connectivity index (χ1v) is 5.64. The third-order valence-corrected chi connectivity index (χ3v) is 2.09. The molecule has 2 N–H and O–H groups in total. The van der Waals surface area contributed by atoms with Gasteiger partial charge in [0.2, 0.25) is 5.91 Å². The normalized spacial score (nSPS) is 10.3. The van der Waals surface area contributed by atoms with Crippen molar-refractivity contribution in [1.29, 1.82) is 0 Å². The topological polar surface area (TPSA) is 67.0 Å². The zero-order chi connectivity index (χ0) is 11.6. The second kappa shape index (κ2) is 7.87. The van der Waals surface area contributed by atoms with Crippen LogP contribution in [-0.2, 0) is 16.0 Å². The van der Waals surface area contributed by atoms with E-state index in [1.807, 2.05) is 6.92 Å². The zero-order valence-corrected chi connectivity index (χ0v) is 9.66. The molecule has 0 aliphatic rings. The number of rotatable bonds is 8. The molecule has 1 amide bonds. The molecule has 0 bridgehead atoms. The fourth-order valence-electron chi connectivity index (χ4n) is 1.26. The first kappa shape index (κ1) is 12.7. The molecular formula is C11H19N3O2. The van der Waals surface area contributed by atoms with Gasteiger partial charge in [0.1, 0.15) is 0 Å². The van der Waals surface area contributed by atoms with Gasteiger partial charge in [-0.2, -0.15) is 0 Å². The average molecular weight is 225 g/mol. The van der Waals surface area contributed by atoms with Crippen molar-refractivity contribution >= 4 is 5.91 Å². The van der Waals surface area contributed by atoms with E-state index in [9.17, 15) is 4.79 Å². The molecule has 0 atom stereocenters. The van der Waals surface area contributed by atoms with Crippen LogP contribution >= 0.6 is 0 Å². The van der Waals surface area contributed by atoms with Crippen molar-refractivity contribution in [3.8, 4) is 0 Å². The van der Waals surface area contributed by atoms with Gasteiger partial charge in [-0.1, -0.05) is 6.92 Å². The van der Waals surface area contributed by atoms with E-state index in [1.165, 1.54) is 0 Å². The molecule has 0 aliphatic carbocycles. The van der Waals surface area contributed by atoms with E-state index in [0.717, 1.165) is 25.1 Å². The summed E-state index contributed by atoms with van der Waals surface area (Å²) in [5.41, 5.74) is 1.03. The maximum atomic E-state index is 11.3. The highest BCUT2D eigenvalue weighted by Gasteiger charge is 2.00. The minimum atomic E-state index is 0.0376. The van der Waals surface area contributed by atoms with E-state index in [-0.39, 0.29) is 5.91 Å². The van der Waals surface area contributed by atoms with Crippen LogP contribution in [-0.4, -0.2) is 35.6 Å². The summed E-state index contributed by atoms with van der Waals surface area (Å²) in [7, 11) is 0. The molecule has 5 heteroatoms. The Morgan fingerprint density at radius 2 is 2.44 bits per heavy atom. The molecule has 0 spiro atoms. The molecule has 90 valence electrons. The Kier molecular flexibility index (Phi) is 6.25. The van der Waals surface area contributed by atoms with Gasteiger partial charge in [-0.15, -0.1) is 0 Å². The van der Waals surface area contributed by atoms with E-state index in [0.29, 0.717) is 19.6 Å². The lowest BCUT2D eigenvalue weighted by Crippen LogP contribution is -2.26. The molecule has 0 fully saturated rings. The Bertz CT molecular complexity index is 285. The van der Waals surface area contributed by atoms with Crippen LogP contribution < -0.4 is 5.32 Å². The number of hydrogen-bond acceptors (Lipinski definition) is 3. The highest BCUT2D eigenvalue weighted by Crippen LogP contribution is 1.91. The Hall–Kier alpha value is -1.36. The highest BCUT2D eigenvalue weighted by molar-refractivity contribution is 5.75. The van der Waals surface area contributed by atoms with Gasteiger partial charge in [-0.3, -0.25) is 4.79 Å². The van der Waals surface area contributed by atoms with E-state index in [4.69, 9.17) is 4.74 Å². The number of carbonyl (C=O) groups excluding carboxylic acids is 1. The summed E-state index contributed by atoms with van der Waals surface area (Å²) < 4.78 is 5.23. The molecule has 1 aromatic heterocycles. The van der Waals surface area contributed by atoms with Crippen molar-refractivity contribution in [2.75, 3.05) is 19.8 Å². The lowest BCUT2D eigenvalue weighted by atomic mass is 10.3. The van der Waals surface area contributed by atoms with E-state index in [2.05, 4.69) is 15.3 Å². The summed E-state index contributed by atoms with van der Waals surface area (Å²) in [4.78, 5) is 18.2. The molecule has 1 heterocycles. The maximum Gasteiger partial charge on any atom is 0.222 e. The van der Waals surface area contributed by atoms with Crippen LogP contribution in [0.25, 0.3) is 0 Å². The molecule has 0 aliphatic heterocycles. The van der Waals surface area contributed by atoms with Crippen molar-refractivity contribution < 1.29 is 9.53 Å². The molecule has 0 unspecified atom stereocenters. The van der Waals surface area contributed by atoms with Crippen molar-refractivity contribution in [3.05, 3.63) is 18.2 Å². The largest absolute Gasteiger partial charge is 0.381 e. The minimum Gasteiger partial charge on any atom is -0.381 e. The van der Waals surface area contributed by atoms with Crippen LogP contribution in [0.3, 0.4) is 0 Å². The minimum absolute atomic E-state index is 0.0376. The number of carbonyl (C=O) groups is 1. The number of H-pyrrole nitrogens is 1. The predicted molar refractivity (Wildman–Crippen MR) is 61.0 cm³/mol. The molecule has 16 heavy (non-hydrogen) atoms. The molecule has 0 radical (unpaired) electrons. The number of amides is 1. The van der Waals surface area contributed by atoms with Gasteiger partial charge >= 0.3 is 0 Å². The average Bonchev–Trinajstić information content (AvgIpc) is 2.77. The van der Waals surface area contributed by atoms with Crippen LogP contribution in [0.2, 0.25) is 0 Å². The Morgan fingerprint density at radius 1 is 1.56 bits per heavy atom. The SMILES string of the molecule is CCCOCCC(=O)NCCc1cnc[nH]1. The van der Waals surface area contributed by atoms with E-state index in [1.54, 1.807) is 12.5 Å². The lowest BCUT2D eigenvalue weighted by Gasteiger charge is -2.04. The van der Waals surface area contributed by atoms with Gasteiger partial charge in [0, 0.05) is 37.9 Å². The number of nitrogens with one attached hydrogen (secondary N) is 2. The lowest BCUT2D eigenvalue weighted by molar-refractivity contribution is -0.122. The third-order valence-electron chi connectivity index (χ3n) is 2.09. The first-order chi connectivity index (χ1) is 7.83. The van der Waals surface area contributed by atoms with Crippen molar-refractivity contribution in [2.45, 2.75) is 26.2 Å². The summed E-state index contributed by atoms with van der Waals surface area (Å²) in [5, 5.41) is 2.83. The smallest absolute Gasteiger partial charge is 0.222 e. The van der Waals surface area contributed by atoms with Crippen molar-refractivity contribution in [1.82, 2.24) is 15.3 Å². The van der Waals surface area contributed by atoms with Crippen molar-refractivity contribution in [2.24, 2.45) is 0 Å². The molecule has 0 saturated carbocycles. The van der Waals surface area contributed by atoms with Gasteiger partial charge in [0.15, 0.2) is 0 Å². The monoisotopic (exact) mass is 225 g/mol. The summed E-state index contributed by atoms with van der Waals surface area (Å²) >= 11 is 0. The second-order valence-corrected chi connectivity index (χ2v) is 3.54. The molecule has 0 aromatic carbocycles. The summed E-state index contributed by atoms with van der Waals surface area (Å²) in [6.45, 7) is 3.91. The van der Waals surface area contributed by atoms with Gasteiger partial charge in [0.25, 0.3) is 0 Å². The Balaban J connectivity index is 1.98. The standard InChI is InChI=1S/C11H19N3O2/c1-2-6-16-7-4-11(15)13-5-3-10-8-12-9-14-10/h8-9H,2-7H2,1H3,(H,12,14)(H,13,15). The van der Waals surface area contributed by atoms with Crippen LogP contribution in [0.1, 0.15) is 25.5 Å². The molecule has 1 rings (SSSR count). The van der Waals surface area contributed by atoms with E-state index >= 15 is 0 Å². The summed E-state index contributed by atoms with van der Waals surface area (Å²) in [6, 6.07) is 0. The van der Waals surface area contributed by atoms with Gasteiger partial charge in [-0.25, -0.2) is 4.98 Å². The maximum absolute atomic E-state index is 11.3. The second-order valence-electron chi connectivity index (χ2n) is 3.54.